The van der Waals surface area contributed by atoms with Crippen molar-refractivity contribution < 1.29 is 4.79 Å². The molecule has 0 aliphatic rings. The lowest BCUT2D eigenvalue weighted by Gasteiger charge is -2.23. The minimum absolute atomic E-state index is 0.0350. The molecule has 1 atom stereocenters. The fourth-order valence-electron chi connectivity index (χ4n) is 2.37. The minimum Gasteiger partial charge on any atom is -0.354 e. The summed E-state index contributed by atoms with van der Waals surface area (Å²) in [6.07, 6.45) is 2.27. The fourth-order valence-corrected chi connectivity index (χ4v) is 2.37. The molecule has 3 N–H and O–H groups in total. The normalized spacial score (nSPS) is 13.3. The minimum atomic E-state index is -0.0350. The van der Waals surface area contributed by atoms with Crippen LogP contribution in [0.5, 0.6) is 0 Å². The molecule has 0 radical (unpaired) electrons. The highest BCUT2D eigenvalue weighted by Gasteiger charge is 2.13. The predicted molar refractivity (Wildman–Crippen MR) is 106 cm³/mol. The van der Waals surface area contributed by atoms with Gasteiger partial charge in [0, 0.05) is 31.7 Å². The van der Waals surface area contributed by atoms with Crippen molar-refractivity contribution >= 4 is 11.9 Å². The third-order valence-electron chi connectivity index (χ3n) is 3.95. The van der Waals surface area contributed by atoms with E-state index in [-0.39, 0.29) is 5.91 Å². The van der Waals surface area contributed by atoms with Gasteiger partial charge in [-0.05, 0) is 49.8 Å². The van der Waals surface area contributed by atoms with E-state index in [1.165, 1.54) is 6.42 Å². The Kier molecular flexibility index (Phi) is 8.46. The van der Waals surface area contributed by atoms with Crippen LogP contribution in [-0.2, 0) is 6.54 Å². The Bertz CT molecular complexity index is 558. The summed E-state index contributed by atoms with van der Waals surface area (Å²) in [5.41, 5.74) is 2.14. The predicted octanol–water partition coefficient (Wildman–Crippen LogP) is 3.32. The lowest BCUT2D eigenvalue weighted by atomic mass is 9.89. The van der Waals surface area contributed by atoms with Crippen molar-refractivity contribution in [1.82, 2.24) is 16.0 Å². The van der Waals surface area contributed by atoms with Crippen LogP contribution in [0.15, 0.2) is 29.3 Å². The van der Waals surface area contributed by atoms with Gasteiger partial charge in [0.25, 0.3) is 5.91 Å². The second-order valence-corrected chi connectivity index (χ2v) is 7.63. The van der Waals surface area contributed by atoms with Gasteiger partial charge in [0.1, 0.15) is 0 Å². The van der Waals surface area contributed by atoms with Crippen LogP contribution in [0.25, 0.3) is 0 Å². The maximum absolute atomic E-state index is 11.8. The zero-order valence-corrected chi connectivity index (χ0v) is 16.6. The van der Waals surface area contributed by atoms with Crippen molar-refractivity contribution in [2.75, 3.05) is 13.6 Å². The number of rotatable bonds is 7. The van der Waals surface area contributed by atoms with Gasteiger partial charge >= 0.3 is 0 Å². The van der Waals surface area contributed by atoms with Crippen molar-refractivity contribution in [3.05, 3.63) is 35.4 Å². The second kappa shape index (κ2) is 10.1. The Morgan fingerprint density at radius 2 is 1.80 bits per heavy atom. The Morgan fingerprint density at radius 1 is 1.16 bits per heavy atom. The molecule has 0 aromatic heterocycles. The van der Waals surface area contributed by atoms with Gasteiger partial charge in [-0.1, -0.05) is 32.9 Å². The van der Waals surface area contributed by atoms with Crippen LogP contribution < -0.4 is 16.0 Å². The summed E-state index contributed by atoms with van der Waals surface area (Å²) in [5, 5.41) is 9.56. The molecule has 0 heterocycles. The van der Waals surface area contributed by atoms with Gasteiger partial charge in [0.15, 0.2) is 5.96 Å². The van der Waals surface area contributed by atoms with Crippen LogP contribution in [0.2, 0.25) is 0 Å². The number of aliphatic imine (C=N–C) groups is 1. The van der Waals surface area contributed by atoms with E-state index in [1.807, 2.05) is 31.2 Å². The number of hydrogen-bond acceptors (Lipinski definition) is 2. The summed E-state index contributed by atoms with van der Waals surface area (Å²) in [6, 6.07) is 8.00. The van der Waals surface area contributed by atoms with E-state index >= 15 is 0 Å². The molecule has 0 saturated heterocycles. The third kappa shape index (κ3) is 8.57. The molecular formula is C20H34N4O. The first-order chi connectivity index (χ1) is 11.7. The van der Waals surface area contributed by atoms with Crippen LogP contribution in [0.3, 0.4) is 0 Å². The summed E-state index contributed by atoms with van der Waals surface area (Å²) >= 11 is 0. The molecule has 0 fully saturated rings. The van der Waals surface area contributed by atoms with Crippen LogP contribution in [0, 0.1) is 5.41 Å². The van der Waals surface area contributed by atoms with Gasteiger partial charge in [-0.25, -0.2) is 0 Å². The first-order valence-electron chi connectivity index (χ1n) is 9.09. The number of hydrogen-bond donors (Lipinski definition) is 3. The molecule has 1 aromatic carbocycles. The van der Waals surface area contributed by atoms with E-state index in [0.717, 1.165) is 17.9 Å². The maximum atomic E-state index is 11.8. The lowest BCUT2D eigenvalue weighted by Crippen LogP contribution is -2.42. The van der Waals surface area contributed by atoms with Crippen LogP contribution in [-0.4, -0.2) is 31.5 Å². The molecule has 0 aliphatic heterocycles. The summed E-state index contributed by atoms with van der Waals surface area (Å²) in [4.78, 5) is 16.1. The molecule has 0 spiro atoms. The number of carbonyl (C=O) groups excluding carboxylic acids is 1. The molecule has 1 rings (SSSR count). The van der Waals surface area contributed by atoms with E-state index in [0.29, 0.717) is 30.1 Å². The van der Waals surface area contributed by atoms with Crippen molar-refractivity contribution in [2.24, 2.45) is 10.4 Å². The summed E-state index contributed by atoms with van der Waals surface area (Å²) in [5.74, 6) is 0.765. The number of nitrogens with zero attached hydrogens (tertiary/aromatic N) is 1. The van der Waals surface area contributed by atoms with E-state index in [4.69, 9.17) is 0 Å². The Hall–Kier alpha value is -2.04. The van der Waals surface area contributed by atoms with Gasteiger partial charge in [0.05, 0.1) is 0 Å². The highest BCUT2D eigenvalue weighted by Crippen LogP contribution is 2.21. The number of amides is 1. The lowest BCUT2D eigenvalue weighted by molar-refractivity contribution is 0.0956. The highest BCUT2D eigenvalue weighted by atomic mass is 16.1. The molecule has 0 bridgehead atoms. The molecule has 0 saturated carbocycles. The highest BCUT2D eigenvalue weighted by molar-refractivity contribution is 5.94. The third-order valence-corrected chi connectivity index (χ3v) is 3.95. The van der Waals surface area contributed by atoms with Gasteiger partial charge in [-0.3, -0.25) is 9.79 Å². The molecule has 5 heteroatoms. The van der Waals surface area contributed by atoms with Crippen LogP contribution in [0.4, 0.5) is 0 Å². The molecule has 5 nitrogen and oxygen atoms in total. The molecule has 25 heavy (non-hydrogen) atoms. The topological polar surface area (TPSA) is 65.5 Å². The van der Waals surface area contributed by atoms with E-state index < -0.39 is 0 Å². The monoisotopic (exact) mass is 346 g/mol. The van der Waals surface area contributed by atoms with Crippen LogP contribution >= 0.6 is 0 Å². The van der Waals surface area contributed by atoms with Gasteiger partial charge in [-0.15, -0.1) is 0 Å². The first-order valence-corrected chi connectivity index (χ1v) is 9.09. The summed E-state index contributed by atoms with van der Waals surface area (Å²) in [7, 11) is 1.78. The van der Waals surface area contributed by atoms with E-state index in [1.54, 1.807) is 7.05 Å². The maximum Gasteiger partial charge on any atom is 0.251 e. The number of guanidine groups is 1. The van der Waals surface area contributed by atoms with Gasteiger partial charge in [-0.2, -0.15) is 0 Å². The standard InChI is InChI=1S/C20H34N4O/c1-7-22-18(25)17-10-8-16(9-11-17)14-23-19(21-6)24-15(2)12-13-20(3,4)5/h8-11,15H,7,12-14H2,1-6H3,(H,22,25)(H2,21,23,24). The van der Waals surface area contributed by atoms with Crippen molar-refractivity contribution in [3.63, 3.8) is 0 Å². The molecule has 140 valence electrons. The average molecular weight is 347 g/mol. The Balaban J connectivity index is 2.48. The van der Waals surface area contributed by atoms with Crippen molar-refractivity contribution in [1.29, 1.82) is 0 Å². The zero-order chi connectivity index (χ0) is 18.9. The quantitative estimate of drug-likeness (QED) is 0.524. The largest absolute Gasteiger partial charge is 0.354 e. The number of carbonyl (C=O) groups is 1. The molecule has 0 aliphatic carbocycles. The Labute approximate surface area is 152 Å². The van der Waals surface area contributed by atoms with Gasteiger partial charge in [0.2, 0.25) is 0 Å². The zero-order valence-electron chi connectivity index (χ0n) is 16.6. The van der Waals surface area contributed by atoms with Crippen molar-refractivity contribution in [3.8, 4) is 0 Å². The SMILES string of the molecule is CCNC(=O)c1ccc(CNC(=NC)NC(C)CCC(C)(C)C)cc1. The van der Waals surface area contributed by atoms with Gasteiger partial charge < -0.3 is 16.0 Å². The Morgan fingerprint density at radius 3 is 2.32 bits per heavy atom. The summed E-state index contributed by atoms with van der Waals surface area (Å²) in [6.45, 7) is 12.2. The number of benzene rings is 1. The molecule has 1 unspecified atom stereocenters. The first kappa shape index (κ1) is 21.0. The van der Waals surface area contributed by atoms with Crippen LogP contribution in [0.1, 0.15) is 63.4 Å². The van der Waals surface area contributed by atoms with E-state index in [9.17, 15) is 4.79 Å². The van der Waals surface area contributed by atoms with E-state index in [2.05, 4.69) is 48.6 Å². The summed E-state index contributed by atoms with van der Waals surface area (Å²) < 4.78 is 0. The molecule has 1 aromatic rings. The average Bonchev–Trinajstić information content (AvgIpc) is 2.56. The smallest absolute Gasteiger partial charge is 0.251 e. The molecular weight excluding hydrogens is 312 g/mol. The second-order valence-electron chi connectivity index (χ2n) is 7.63. The number of nitrogens with one attached hydrogen (secondary N) is 3. The molecule has 1 amide bonds. The fraction of sp³-hybridized carbons (Fsp3) is 0.600. The van der Waals surface area contributed by atoms with Crippen molar-refractivity contribution in [2.45, 2.75) is 60.0 Å².